The summed E-state index contributed by atoms with van der Waals surface area (Å²) < 4.78 is 6.72. The standard InChI is InChI=1S/C14H18BrNO2/c1-9-7-16(8-10(2)18-9)14-6-12(15)4-5-13(14)11(3)17/h4-6,9-10H,7-8H2,1-3H3. The van der Waals surface area contributed by atoms with Gasteiger partial charge < -0.3 is 9.64 Å². The van der Waals surface area contributed by atoms with Gasteiger partial charge in [-0.15, -0.1) is 0 Å². The Balaban J connectivity index is 2.36. The molecule has 3 nitrogen and oxygen atoms in total. The van der Waals surface area contributed by atoms with Gasteiger partial charge in [0.1, 0.15) is 0 Å². The minimum atomic E-state index is 0.101. The van der Waals surface area contributed by atoms with E-state index in [-0.39, 0.29) is 18.0 Å². The zero-order valence-electron chi connectivity index (χ0n) is 10.9. The summed E-state index contributed by atoms with van der Waals surface area (Å²) in [5.41, 5.74) is 1.78. The first-order chi connectivity index (χ1) is 8.47. The fraction of sp³-hybridized carbons (Fsp3) is 0.500. The summed E-state index contributed by atoms with van der Waals surface area (Å²) in [5.74, 6) is 0.101. The third-order valence-electron chi connectivity index (χ3n) is 3.10. The van der Waals surface area contributed by atoms with Gasteiger partial charge in [0.05, 0.1) is 12.2 Å². The first-order valence-electron chi connectivity index (χ1n) is 6.18. The average Bonchev–Trinajstić information content (AvgIpc) is 2.27. The molecular formula is C14H18BrNO2. The topological polar surface area (TPSA) is 29.5 Å². The predicted octanol–water partition coefficient (Wildman–Crippen LogP) is 3.27. The fourth-order valence-corrected chi connectivity index (χ4v) is 2.79. The normalized spacial score (nSPS) is 24.1. The number of hydrogen-bond acceptors (Lipinski definition) is 3. The van der Waals surface area contributed by atoms with Gasteiger partial charge in [0, 0.05) is 28.8 Å². The van der Waals surface area contributed by atoms with Crippen LogP contribution in [0.1, 0.15) is 31.1 Å². The molecule has 2 unspecified atom stereocenters. The predicted molar refractivity (Wildman–Crippen MR) is 76.4 cm³/mol. The van der Waals surface area contributed by atoms with E-state index in [1.807, 2.05) is 18.2 Å². The Morgan fingerprint density at radius 1 is 1.33 bits per heavy atom. The van der Waals surface area contributed by atoms with Gasteiger partial charge in [0.15, 0.2) is 5.78 Å². The quantitative estimate of drug-likeness (QED) is 0.785. The molecule has 0 amide bonds. The highest BCUT2D eigenvalue weighted by Crippen LogP contribution is 2.28. The molecule has 98 valence electrons. The zero-order valence-corrected chi connectivity index (χ0v) is 12.5. The van der Waals surface area contributed by atoms with Crippen molar-refractivity contribution in [2.24, 2.45) is 0 Å². The lowest BCUT2D eigenvalue weighted by Crippen LogP contribution is -2.46. The lowest BCUT2D eigenvalue weighted by molar-refractivity contribution is -0.00527. The number of halogens is 1. The van der Waals surface area contributed by atoms with Crippen LogP contribution in [-0.2, 0) is 4.74 Å². The summed E-state index contributed by atoms with van der Waals surface area (Å²) in [6.45, 7) is 7.38. The third-order valence-corrected chi connectivity index (χ3v) is 3.59. The number of Topliss-reactive ketones (excluding diaryl/α,β-unsaturated/α-hetero) is 1. The number of nitrogens with zero attached hydrogens (tertiary/aromatic N) is 1. The Kier molecular flexibility index (Phi) is 4.07. The highest BCUT2D eigenvalue weighted by Gasteiger charge is 2.24. The van der Waals surface area contributed by atoms with Crippen molar-refractivity contribution >= 4 is 27.4 Å². The summed E-state index contributed by atoms with van der Waals surface area (Å²) in [5, 5.41) is 0. The van der Waals surface area contributed by atoms with Crippen LogP contribution < -0.4 is 4.90 Å². The van der Waals surface area contributed by atoms with Gasteiger partial charge in [-0.25, -0.2) is 0 Å². The number of hydrogen-bond donors (Lipinski definition) is 0. The second-order valence-corrected chi connectivity index (χ2v) is 5.80. The van der Waals surface area contributed by atoms with E-state index in [2.05, 4.69) is 34.7 Å². The van der Waals surface area contributed by atoms with Crippen molar-refractivity contribution in [1.82, 2.24) is 0 Å². The van der Waals surface area contributed by atoms with E-state index in [0.29, 0.717) is 0 Å². The number of morpholine rings is 1. The molecule has 0 radical (unpaired) electrons. The van der Waals surface area contributed by atoms with Crippen molar-refractivity contribution in [2.45, 2.75) is 33.0 Å². The maximum Gasteiger partial charge on any atom is 0.161 e. The number of carbonyl (C=O) groups excluding carboxylic acids is 1. The van der Waals surface area contributed by atoms with Crippen molar-refractivity contribution in [2.75, 3.05) is 18.0 Å². The molecule has 0 bridgehead atoms. The monoisotopic (exact) mass is 311 g/mol. The maximum atomic E-state index is 11.7. The molecule has 1 aliphatic heterocycles. The molecule has 0 aromatic heterocycles. The van der Waals surface area contributed by atoms with Crippen LogP contribution in [0.4, 0.5) is 5.69 Å². The van der Waals surface area contributed by atoms with E-state index in [1.165, 1.54) is 0 Å². The van der Waals surface area contributed by atoms with E-state index < -0.39 is 0 Å². The lowest BCUT2D eigenvalue weighted by Gasteiger charge is -2.37. The number of rotatable bonds is 2. The van der Waals surface area contributed by atoms with Crippen molar-refractivity contribution in [3.63, 3.8) is 0 Å². The Morgan fingerprint density at radius 3 is 2.50 bits per heavy atom. The Bertz CT molecular complexity index is 451. The SMILES string of the molecule is CC(=O)c1ccc(Br)cc1N1CC(C)OC(C)C1. The van der Waals surface area contributed by atoms with Crippen LogP contribution in [0.3, 0.4) is 0 Å². The largest absolute Gasteiger partial charge is 0.372 e. The van der Waals surface area contributed by atoms with Gasteiger partial charge in [-0.2, -0.15) is 0 Å². The average molecular weight is 312 g/mol. The summed E-state index contributed by atoms with van der Waals surface area (Å²) in [6.07, 6.45) is 0.375. The summed E-state index contributed by atoms with van der Waals surface area (Å²) in [6, 6.07) is 5.81. The molecule has 18 heavy (non-hydrogen) atoms. The van der Waals surface area contributed by atoms with Crippen LogP contribution >= 0.6 is 15.9 Å². The smallest absolute Gasteiger partial charge is 0.161 e. The van der Waals surface area contributed by atoms with E-state index in [0.717, 1.165) is 28.8 Å². The fourth-order valence-electron chi connectivity index (χ4n) is 2.44. The molecule has 0 saturated carbocycles. The zero-order chi connectivity index (χ0) is 13.3. The first kappa shape index (κ1) is 13.6. The van der Waals surface area contributed by atoms with Gasteiger partial charge in [0.2, 0.25) is 0 Å². The Morgan fingerprint density at radius 2 is 1.94 bits per heavy atom. The van der Waals surface area contributed by atoms with E-state index in [4.69, 9.17) is 4.74 Å². The molecule has 0 spiro atoms. The number of ether oxygens (including phenoxy) is 1. The van der Waals surface area contributed by atoms with Crippen molar-refractivity contribution in [3.05, 3.63) is 28.2 Å². The minimum absolute atomic E-state index is 0.101. The highest BCUT2D eigenvalue weighted by molar-refractivity contribution is 9.10. The molecule has 0 aliphatic carbocycles. The number of ketones is 1. The lowest BCUT2D eigenvalue weighted by atomic mass is 10.1. The second-order valence-electron chi connectivity index (χ2n) is 4.88. The van der Waals surface area contributed by atoms with Crippen molar-refractivity contribution in [1.29, 1.82) is 0 Å². The van der Waals surface area contributed by atoms with Crippen LogP contribution in [0.5, 0.6) is 0 Å². The Labute approximate surface area is 116 Å². The summed E-state index contributed by atoms with van der Waals surface area (Å²) in [4.78, 5) is 13.9. The van der Waals surface area contributed by atoms with Crippen LogP contribution in [0.2, 0.25) is 0 Å². The number of carbonyl (C=O) groups is 1. The van der Waals surface area contributed by atoms with Gasteiger partial charge in [-0.05, 0) is 39.0 Å². The van der Waals surface area contributed by atoms with Crippen LogP contribution in [-0.4, -0.2) is 31.1 Å². The highest BCUT2D eigenvalue weighted by atomic mass is 79.9. The van der Waals surface area contributed by atoms with Crippen molar-refractivity contribution < 1.29 is 9.53 Å². The number of anilines is 1. The van der Waals surface area contributed by atoms with Gasteiger partial charge in [-0.3, -0.25) is 4.79 Å². The molecule has 1 aliphatic rings. The van der Waals surface area contributed by atoms with Crippen LogP contribution in [0.15, 0.2) is 22.7 Å². The first-order valence-corrected chi connectivity index (χ1v) is 6.97. The molecule has 2 atom stereocenters. The van der Waals surface area contributed by atoms with Gasteiger partial charge in [0.25, 0.3) is 0 Å². The van der Waals surface area contributed by atoms with Gasteiger partial charge in [-0.1, -0.05) is 15.9 Å². The van der Waals surface area contributed by atoms with E-state index in [9.17, 15) is 4.79 Å². The molecule has 4 heteroatoms. The molecule has 1 fully saturated rings. The van der Waals surface area contributed by atoms with E-state index in [1.54, 1.807) is 6.92 Å². The molecular weight excluding hydrogens is 294 g/mol. The van der Waals surface area contributed by atoms with Gasteiger partial charge >= 0.3 is 0 Å². The van der Waals surface area contributed by atoms with Crippen LogP contribution in [0.25, 0.3) is 0 Å². The maximum absolute atomic E-state index is 11.7. The summed E-state index contributed by atoms with van der Waals surface area (Å²) in [7, 11) is 0. The van der Waals surface area contributed by atoms with Crippen molar-refractivity contribution in [3.8, 4) is 0 Å². The Hall–Kier alpha value is -0.870. The molecule has 1 aromatic carbocycles. The molecule has 1 saturated heterocycles. The second kappa shape index (κ2) is 5.41. The third kappa shape index (κ3) is 2.93. The van der Waals surface area contributed by atoms with Crippen LogP contribution in [0, 0.1) is 0 Å². The molecule has 0 N–H and O–H groups in total. The molecule has 1 aromatic rings. The molecule has 2 rings (SSSR count). The molecule has 1 heterocycles. The minimum Gasteiger partial charge on any atom is -0.372 e. The number of benzene rings is 1. The van der Waals surface area contributed by atoms with E-state index >= 15 is 0 Å². The summed E-state index contributed by atoms with van der Waals surface area (Å²) >= 11 is 3.47.